The van der Waals surface area contributed by atoms with Gasteiger partial charge in [-0.1, -0.05) is 0 Å². The van der Waals surface area contributed by atoms with Crippen molar-refractivity contribution in [3.63, 3.8) is 0 Å². The van der Waals surface area contributed by atoms with Gasteiger partial charge < -0.3 is 0 Å². The van der Waals surface area contributed by atoms with E-state index in [0.29, 0.717) is 11.2 Å². The van der Waals surface area contributed by atoms with Crippen LogP contribution in [-0.2, 0) is 11.2 Å². The molecule has 0 bridgehead atoms. The van der Waals surface area contributed by atoms with E-state index in [1.165, 1.54) is 0 Å². The molecule has 7 heteroatoms. The maximum atomic E-state index is 3.74. The number of thiazole rings is 2. The van der Waals surface area contributed by atoms with Crippen molar-refractivity contribution in [2.75, 3.05) is 0 Å². The van der Waals surface area contributed by atoms with Crippen LogP contribution in [0.4, 0.5) is 0 Å². The molecule has 0 aliphatic heterocycles. The Morgan fingerprint density at radius 2 is 1.31 bits per heavy atom. The number of halogens is 2. The Hall–Kier alpha value is 1.41. The van der Waals surface area contributed by atoms with Crippen molar-refractivity contribution in [2.24, 2.45) is 0 Å². The van der Waals surface area contributed by atoms with Gasteiger partial charge in [-0.3, -0.25) is 9.97 Å². The molecule has 0 atom stereocenters. The van der Waals surface area contributed by atoms with E-state index < -0.39 is 0 Å². The summed E-state index contributed by atoms with van der Waals surface area (Å²) in [5.74, 6) is 0. The van der Waals surface area contributed by atoms with Crippen LogP contribution in [0.5, 0.6) is 0 Å². The molecule has 2 nitrogen and oxygen atoms in total. The number of hydrogen-bond donors (Lipinski definition) is 0. The summed E-state index contributed by atoms with van der Waals surface area (Å²) in [6.07, 6.45) is 3.54. The summed E-state index contributed by atoms with van der Waals surface area (Å²) in [6, 6.07) is 0. The van der Waals surface area contributed by atoms with E-state index in [4.69, 9.17) is 0 Å². The number of aromatic nitrogens is 2. The van der Waals surface area contributed by atoms with Crippen molar-refractivity contribution in [3.8, 4) is 0 Å². The average molecular weight is 619 g/mol. The molecule has 0 aliphatic carbocycles. The average Bonchev–Trinajstić information content (AvgIpc) is 2.85. The molecule has 76 valence electrons. The standard InChI is InChI=1S/2C3H3NS.2HI.Pt/c2*1-2-5-3-4-1;;;/h2*1-3H;2*1H;/q;;;;+2/p-2. The fraction of sp³-hybridized carbons (Fsp3) is 0. The number of rotatable bonds is 0. The van der Waals surface area contributed by atoms with Gasteiger partial charge in [0.15, 0.2) is 0 Å². The fourth-order valence-electron chi connectivity index (χ4n) is 0.351. The van der Waals surface area contributed by atoms with E-state index in [0.717, 1.165) is 0 Å². The van der Waals surface area contributed by atoms with E-state index in [1.807, 2.05) is 10.8 Å². The Balaban J connectivity index is 0.000000174. The molecule has 2 rings (SSSR count). The third-order valence-electron chi connectivity index (χ3n) is 0.694. The molecule has 2 aromatic heterocycles. The van der Waals surface area contributed by atoms with E-state index in [2.05, 4.69) is 48.7 Å². The minimum absolute atomic E-state index is 0.523. The largest absolute Gasteiger partial charge is 0.253 e. The molecule has 0 unspecified atom stereocenters. The number of nitrogens with zero attached hydrogens (tertiary/aromatic N) is 2. The molecular formula is C6H6I2N2PtS2. The molecule has 0 fully saturated rings. The zero-order valence-corrected chi connectivity index (χ0v) is 14.5. The third-order valence-corrected chi connectivity index (χ3v) is 1.74. The van der Waals surface area contributed by atoms with Gasteiger partial charge in [0.1, 0.15) is 0 Å². The van der Waals surface area contributed by atoms with Crippen LogP contribution in [-0.4, -0.2) is 9.97 Å². The van der Waals surface area contributed by atoms with Gasteiger partial charge in [-0.25, -0.2) is 0 Å². The molecule has 0 aromatic carbocycles. The molecule has 2 aromatic rings. The molecule has 0 spiro atoms. The van der Waals surface area contributed by atoms with Gasteiger partial charge >= 0.3 is 49.9 Å². The summed E-state index contributed by atoms with van der Waals surface area (Å²) in [5, 5.41) is 3.86. The first-order valence-electron chi connectivity index (χ1n) is 2.88. The van der Waals surface area contributed by atoms with Crippen LogP contribution in [0.1, 0.15) is 0 Å². The van der Waals surface area contributed by atoms with Crippen molar-refractivity contribution < 1.29 is 11.2 Å². The number of hydrogen-bond acceptors (Lipinski definition) is 4. The second-order valence-electron chi connectivity index (χ2n) is 1.40. The van der Waals surface area contributed by atoms with Gasteiger partial charge in [0, 0.05) is 23.2 Å². The van der Waals surface area contributed by atoms with Crippen molar-refractivity contribution in [1.29, 1.82) is 0 Å². The summed E-state index contributed by atoms with van der Waals surface area (Å²) in [6.45, 7) is 0. The van der Waals surface area contributed by atoms with Crippen LogP contribution in [0.15, 0.2) is 34.2 Å². The van der Waals surface area contributed by atoms with Crippen LogP contribution >= 0.6 is 61.4 Å². The van der Waals surface area contributed by atoms with E-state index in [-0.39, 0.29) is 0 Å². The molecule has 13 heavy (non-hydrogen) atoms. The van der Waals surface area contributed by atoms with Gasteiger partial charge in [-0.2, -0.15) is 0 Å². The Morgan fingerprint density at radius 3 is 1.38 bits per heavy atom. The van der Waals surface area contributed by atoms with Crippen molar-refractivity contribution in [3.05, 3.63) is 34.2 Å². The van der Waals surface area contributed by atoms with Gasteiger partial charge in [0.2, 0.25) is 0 Å². The smallest absolute Gasteiger partial charge is 0.0791 e. The van der Waals surface area contributed by atoms with Crippen LogP contribution in [0.2, 0.25) is 0 Å². The SMILES string of the molecule is [I][Pt][I].c1cscn1.c1cscn1. The predicted molar refractivity (Wildman–Crippen MR) is 72.3 cm³/mol. The molecule has 2 heterocycles. The molecule has 0 amide bonds. The minimum atomic E-state index is 0.523. The normalized spacial score (nSPS) is 7.85. The first-order chi connectivity index (χ1) is 6.41. The summed E-state index contributed by atoms with van der Waals surface area (Å²) in [7, 11) is 0. The van der Waals surface area contributed by atoms with Crippen molar-refractivity contribution in [1.82, 2.24) is 9.97 Å². The zero-order chi connectivity index (χ0) is 9.78. The fourth-order valence-corrected chi connectivity index (χ4v) is 1.05. The van der Waals surface area contributed by atoms with Crippen LogP contribution in [0.25, 0.3) is 0 Å². The van der Waals surface area contributed by atoms with E-state index in [9.17, 15) is 0 Å². The maximum Gasteiger partial charge on any atom is 0.0791 e. The summed E-state index contributed by atoms with van der Waals surface area (Å²) in [5.41, 5.74) is 3.58. The second kappa shape index (κ2) is 13.4. The summed E-state index contributed by atoms with van der Waals surface area (Å²) >= 11 is 8.50. The van der Waals surface area contributed by atoms with E-state index >= 15 is 0 Å². The zero-order valence-electron chi connectivity index (χ0n) is 6.25. The molecule has 0 saturated carbocycles. The minimum Gasteiger partial charge on any atom is -0.253 e. The van der Waals surface area contributed by atoms with Gasteiger partial charge in [-0.05, 0) is 0 Å². The summed E-state index contributed by atoms with van der Waals surface area (Å²) < 4.78 is 0. The quantitative estimate of drug-likeness (QED) is 0.417. The van der Waals surface area contributed by atoms with Gasteiger partial charge in [-0.15, -0.1) is 22.7 Å². The first-order valence-corrected chi connectivity index (χ1v) is 17.7. The molecular weight excluding hydrogens is 613 g/mol. The molecule has 0 radical (unpaired) electrons. The second-order valence-corrected chi connectivity index (χ2v) is 19.5. The third kappa shape index (κ3) is 13.4. The van der Waals surface area contributed by atoms with Crippen molar-refractivity contribution in [2.45, 2.75) is 0 Å². The Kier molecular flexibility index (Phi) is 14.9. The van der Waals surface area contributed by atoms with Gasteiger partial charge in [0.05, 0.1) is 11.0 Å². The Labute approximate surface area is 115 Å². The maximum absolute atomic E-state index is 3.74. The molecule has 0 aliphatic rings. The Bertz CT molecular complexity index is 178. The topological polar surface area (TPSA) is 25.8 Å². The first kappa shape index (κ1) is 14.4. The Morgan fingerprint density at radius 1 is 0.923 bits per heavy atom. The monoisotopic (exact) mass is 619 g/mol. The van der Waals surface area contributed by atoms with Crippen LogP contribution in [0.3, 0.4) is 0 Å². The van der Waals surface area contributed by atoms with Crippen LogP contribution in [0, 0.1) is 0 Å². The molecule has 0 N–H and O–H groups in total. The molecule has 0 saturated heterocycles. The summed E-state index contributed by atoms with van der Waals surface area (Å²) in [4.78, 5) is 7.48. The van der Waals surface area contributed by atoms with Crippen molar-refractivity contribution >= 4 is 61.4 Å². The predicted octanol–water partition coefficient (Wildman–Crippen LogP) is 4.06. The van der Waals surface area contributed by atoms with Crippen LogP contribution < -0.4 is 0 Å². The van der Waals surface area contributed by atoms with Gasteiger partial charge in [0.25, 0.3) is 0 Å². The van der Waals surface area contributed by atoms with E-state index in [1.54, 1.807) is 46.1 Å².